The summed E-state index contributed by atoms with van der Waals surface area (Å²) in [7, 11) is 0. The van der Waals surface area contributed by atoms with E-state index < -0.39 is 17.8 Å². The van der Waals surface area contributed by atoms with Crippen LogP contribution in [0.1, 0.15) is 39.7 Å². The highest BCUT2D eigenvalue weighted by Crippen LogP contribution is 2.24. The Labute approximate surface area is 187 Å². The first-order chi connectivity index (χ1) is 15.2. The van der Waals surface area contributed by atoms with Crippen molar-refractivity contribution in [1.29, 1.82) is 0 Å². The zero-order chi connectivity index (χ0) is 23.6. The van der Waals surface area contributed by atoms with Crippen molar-refractivity contribution in [3.63, 3.8) is 0 Å². The van der Waals surface area contributed by atoms with E-state index in [1.165, 1.54) is 0 Å². The number of hydrogen-bond donors (Lipinski definition) is 1. The molecule has 2 aromatic rings. The molecule has 0 spiro atoms. The number of esters is 1. The van der Waals surface area contributed by atoms with Gasteiger partial charge in [0.15, 0.2) is 0 Å². The lowest BCUT2D eigenvalue weighted by Gasteiger charge is -2.18. The Morgan fingerprint density at radius 1 is 0.938 bits per heavy atom. The summed E-state index contributed by atoms with van der Waals surface area (Å²) >= 11 is 0. The first-order valence-electron chi connectivity index (χ1n) is 10.3. The lowest BCUT2D eigenvalue weighted by Crippen LogP contribution is -2.28. The summed E-state index contributed by atoms with van der Waals surface area (Å²) in [5, 5.41) is 2.52. The molecule has 0 aliphatic carbocycles. The smallest absolute Gasteiger partial charge is 0.464 e. The van der Waals surface area contributed by atoms with Gasteiger partial charge in [-0.2, -0.15) is 0 Å². The first kappa shape index (κ1) is 24.7. The molecule has 0 heterocycles. The molecule has 0 radical (unpaired) electrons. The van der Waals surface area contributed by atoms with Gasteiger partial charge in [0.05, 0.1) is 6.54 Å². The van der Waals surface area contributed by atoms with Crippen molar-refractivity contribution >= 4 is 18.2 Å². The molecular formula is C24H29NO7. The Hall–Kier alpha value is -3.55. The van der Waals surface area contributed by atoms with E-state index in [1.54, 1.807) is 39.8 Å². The van der Waals surface area contributed by atoms with Gasteiger partial charge < -0.3 is 24.3 Å². The summed E-state index contributed by atoms with van der Waals surface area (Å²) in [6.45, 7) is 7.37. The van der Waals surface area contributed by atoms with E-state index in [4.69, 9.17) is 18.9 Å². The van der Waals surface area contributed by atoms with Crippen LogP contribution in [0.3, 0.4) is 0 Å². The van der Waals surface area contributed by atoms with Crippen LogP contribution < -0.4 is 10.1 Å². The van der Waals surface area contributed by atoms with Crippen LogP contribution in [0.5, 0.6) is 5.75 Å². The van der Waals surface area contributed by atoms with Gasteiger partial charge in [-0.25, -0.2) is 9.59 Å². The van der Waals surface area contributed by atoms with Gasteiger partial charge in [0.1, 0.15) is 24.6 Å². The minimum Gasteiger partial charge on any atom is -0.464 e. The lowest BCUT2D eigenvalue weighted by molar-refractivity contribution is -0.143. The Morgan fingerprint density at radius 2 is 1.66 bits per heavy atom. The highest BCUT2D eigenvalue weighted by molar-refractivity contribution is 5.70. The van der Waals surface area contributed by atoms with Gasteiger partial charge in [0.2, 0.25) is 0 Å². The van der Waals surface area contributed by atoms with Crippen molar-refractivity contribution in [2.75, 3.05) is 13.2 Å². The molecule has 32 heavy (non-hydrogen) atoms. The number of rotatable bonds is 8. The number of hydrogen-bond acceptors (Lipinski definition) is 7. The van der Waals surface area contributed by atoms with E-state index in [-0.39, 0.29) is 25.7 Å². The molecule has 0 aliphatic heterocycles. The number of nitrogens with one attached hydrogen (secondary N) is 1. The molecule has 0 saturated heterocycles. The molecule has 1 amide bonds. The van der Waals surface area contributed by atoms with Crippen LogP contribution in [-0.2, 0) is 25.6 Å². The molecule has 0 unspecified atom stereocenters. The number of amides is 1. The third kappa shape index (κ3) is 9.07. The second kappa shape index (κ2) is 11.7. The van der Waals surface area contributed by atoms with Gasteiger partial charge in [-0.3, -0.25) is 4.79 Å². The molecular weight excluding hydrogens is 414 g/mol. The van der Waals surface area contributed by atoms with Gasteiger partial charge in [-0.1, -0.05) is 37.3 Å². The molecule has 0 aliphatic rings. The predicted molar refractivity (Wildman–Crippen MR) is 118 cm³/mol. The number of benzene rings is 2. The van der Waals surface area contributed by atoms with Crippen molar-refractivity contribution in [2.24, 2.45) is 0 Å². The van der Waals surface area contributed by atoms with Gasteiger partial charge in [0, 0.05) is 6.42 Å². The quantitative estimate of drug-likeness (QED) is 0.269. The molecule has 172 valence electrons. The fraction of sp³-hybridized carbons (Fsp3) is 0.375. The van der Waals surface area contributed by atoms with E-state index in [9.17, 15) is 14.4 Å². The molecule has 0 bridgehead atoms. The summed E-state index contributed by atoms with van der Waals surface area (Å²) < 4.78 is 20.4. The van der Waals surface area contributed by atoms with E-state index >= 15 is 0 Å². The van der Waals surface area contributed by atoms with Crippen LogP contribution in [0.4, 0.5) is 9.59 Å². The Kier molecular flexibility index (Phi) is 9.07. The summed E-state index contributed by atoms with van der Waals surface area (Å²) in [6, 6.07) is 14.5. The molecule has 2 aromatic carbocycles. The molecule has 1 N–H and O–H groups in total. The Bertz CT molecular complexity index is 917. The number of carbonyl (C=O) groups excluding carboxylic acids is 3. The fourth-order valence-electron chi connectivity index (χ4n) is 2.54. The first-order valence-corrected chi connectivity index (χ1v) is 10.3. The maximum atomic E-state index is 11.8. The summed E-state index contributed by atoms with van der Waals surface area (Å²) in [5.41, 5.74) is 2.01. The predicted octanol–water partition coefficient (Wildman–Crippen LogP) is 4.85. The van der Waals surface area contributed by atoms with Crippen LogP contribution in [0.2, 0.25) is 0 Å². The fourth-order valence-corrected chi connectivity index (χ4v) is 2.54. The summed E-state index contributed by atoms with van der Waals surface area (Å²) in [6.07, 6.45) is -1.06. The minimum atomic E-state index is -0.758. The highest BCUT2D eigenvalue weighted by atomic mass is 16.7. The standard InChI is InChI=1S/C24H29NO7/c1-5-21(26)29-14-13-25-22(27)30-16-17-7-6-8-19(15-17)18-9-11-20(12-10-18)31-23(28)32-24(2,3)4/h6-12,15H,5,13-14,16H2,1-4H3,(H,25,27). The monoisotopic (exact) mass is 443 g/mol. The van der Waals surface area contributed by atoms with Crippen LogP contribution >= 0.6 is 0 Å². The molecule has 8 heteroatoms. The average molecular weight is 443 g/mol. The normalized spacial score (nSPS) is 10.8. The minimum absolute atomic E-state index is 0.0915. The van der Waals surface area contributed by atoms with Crippen LogP contribution in [0.25, 0.3) is 11.1 Å². The third-order valence-electron chi connectivity index (χ3n) is 4.00. The van der Waals surface area contributed by atoms with E-state index in [0.29, 0.717) is 12.2 Å². The van der Waals surface area contributed by atoms with Gasteiger partial charge >= 0.3 is 18.2 Å². The molecule has 0 fully saturated rings. The number of carbonyl (C=O) groups is 3. The average Bonchev–Trinajstić information content (AvgIpc) is 2.74. The van der Waals surface area contributed by atoms with Crippen LogP contribution in [0.15, 0.2) is 48.5 Å². The SMILES string of the molecule is CCC(=O)OCCNC(=O)OCc1cccc(-c2ccc(OC(=O)OC(C)(C)C)cc2)c1. The van der Waals surface area contributed by atoms with Gasteiger partial charge in [-0.05, 0) is 55.7 Å². The Balaban J connectivity index is 1.86. The third-order valence-corrected chi connectivity index (χ3v) is 4.00. The zero-order valence-electron chi connectivity index (χ0n) is 18.8. The second-order valence-electron chi connectivity index (χ2n) is 7.87. The van der Waals surface area contributed by atoms with Crippen molar-refractivity contribution < 1.29 is 33.3 Å². The highest BCUT2D eigenvalue weighted by Gasteiger charge is 2.18. The van der Waals surface area contributed by atoms with E-state index in [1.807, 2.05) is 36.4 Å². The molecule has 2 rings (SSSR count). The second-order valence-corrected chi connectivity index (χ2v) is 7.87. The largest absolute Gasteiger partial charge is 0.514 e. The Morgan fingerprint density at radius 3 is 2.31 bits per heavy atom. The lowest BCUT2D eigenvalue weighted by atomic mass is 10.0. The van der Waals surface area contributed by atoms with E-state index in [2.05, 4.69) is 5.32 Å². The van der Waals surface area contributed by atoms with Crippen molar-refractivity contribution in [3.8, 4) is 16.9 Å². The zero-order valence-corrected chi connectivity index (χ0v) is 18.8. The topological polar surface area (TPSA) is 100 Å². The maximum absolute atomic E-state index is 11.8. The van der Waals surface area contributed by atoms with Crippen LogP contribution in [0, 0.1) is 0 Å². The van der Waals surface area contributed by atoms with Crippen molar-refractivity contribution in [3.05, 3.63) is 54.1 Å². The number of ether oxygens (including phenoxy) is 4. The molecule has 8 nitrogen and oxygen atoms in total. The summed E-state index contributed by atoms with van der Waals surface area (Å²) in [5.74, 6) is 0.0604. The number of alkyl carbamates (subject to hydrolysis) is 1. The molecule has 0 atom stereocenters. The van der Waals surface area contributed by atoms with Crippen LogP contribution in [-0.4, -0.2) is 37.0 Å². The van der Waals surface area contributed by atoms with E-state index in [0.717, 1.165) is 16.7 Å². The van der Waals surface area contributed by atoms with Gasteiger partial charge in [-0.15, -0.1) is 0 Å². The van der Waals surface area contributed by atoms with Crippen molar-refractivity contribution in [2.45, 2.75) is 46.3 Å². The molecule has 0 aromatic heterocycles. The maximum Gasteiger partial charge on any atom is 0.514 e. The molecule has 0 saturated carbocycles. The summed E-state index contributed by atoms with van der Waals surface area (Å²) in [4.78, 5) is 34.6. The van der Waals surface area contributed by atoms with Gasteiger partial charge in [0.25, 0.3) is 0 Å². The van der Waals surface area contributed by atoms with Crippen molar-refractivity contribution in [1.82, 2.24) is 5.32 Å².